The largest absolute Gasteiger partial charge is 0.479 e. The molecule has 0 heterocycles. The Morgan fingerprint density at radius 1 is 1.48 bits per heavy atom. The second-order valence-corrected chi connectivity index (χ2v) is 3.82. The molecule has 2 N–H and O–H groups in total. The van der Waals surface area contributed by atoms with Crippen LogP contribution in [0.15, 0.2) is 12.1 Å². The van der Waals surface area contributed by atoms with Crippen LogP contribution in [0.3, 0.4) is 0 Å². The summed E-state index contributed by atoms with van der Waals surface area (Å²) in [4.78, 5) is 31.6. The molecule has 1 aromatic rings. The fourth-order valence-corrected chi connectivity index (χ4v) is 1.43. The number of nitro groups is 1. The Hall–Kier alpha value is -2.62. The summed E-state index contributed by atoms with van der Waals surface area (Å²) < 4.78 is 31.4. The molecule has 1 rings (SSSR count). The van der Waals surface area contributed by atoms with Crippen molar-refractivity contribution in [2.75, 3.05) is 13.7 Å². The number of benzene rings is 1. The van der Waals surface area contributed by atoms with Gasteiger partial charge in [0.05, 0.1) is 23.1 Å². The van der Waals surface area contributed by atoms with Crippen LogP contribution < -0.4 is 5.32 Å². The number of rotatable bonds is 6. The molecule has 1 amide bonds. The monoisotopic (exact) mass is 304 g/mol. The highest BCUT2D eigenvalue weighted by molar-refractivity contribution is 5.95. The quantitative estimate of drug-likeness (QED) is 0.590. The molecular weight excluding hydrogens is 294 g/mol. The van der Waals surface area contributed by atoms with E-state index in [1.807, 2.05) is 5.32 Å². The number of carbonyl (C=O) groups is 2. The molecule has 0 saturated heterocycles. The molecule has 1 aromatic carbocycles. The molecule has 0 aliphatic rings. The molecule has 0 spiro atoms. The topological polar surface area (TPSA) is 119 Å². The van der Waals surface area contributed by atoms with E-state index in [0.717, 1.165) is 7.11 Å². The molecule has 8 nitrogen and oxygen atoms in total. The SMILES string of the molecule is COC(CNC(=O)c1cc(F)cc([N+](=O)[O-])c1F)C(=O)O. The average Bonchev–Trinajstić information content (AvgIpc) is 2.40. The zero-order chi connectivity index (χ0) is 16.2. The van der Waals surface area contributed by atoms with Gasteiger partial charge in [0.1, 0.15) is 5.82 Å². The molecule has 114 valence electrons. The van der Waals surface area contributed by atoms with Crippen LogP contribution >= 0.6 is 0 Å². The Bertz CT molecular complexity index is 592. The zero-order valence-corrected chi connectivity index (χ0v) is 10.6. The van der Waals surface area contributed by atoms with Crippen LogP contribution in [0.4, 0.5) is 14.5 Å². The van der Waals surface area contributed by atoms with Crippen LogP contribution in [0.2, 0.25) is 0 Å². The van der Waals surface area contributed by atoms with E-state index in [1.54, 1.807) is 0 Å². The second-order valence-electron chi connectivity index (χ2n) is 3.82. The van der Waals surface area contributed by atoms with Crippen molar-refractivity contribution in [3.8, 4) is 0 Å². The molecular formula is C11H10F2N2O6. The first-order valence-corrected chi connectivity index (χ1v) is 5.45. The Morgan fingerprint density at radius 3 is 2.57 bits per heavy atom. The number of carboxylic acids is 1. The molecule has 21 heavy (non-hydrogen) atoms. The van der Waals surface area contributed by atoms with Crippen molar-refractivity contribution in [2.45, 2.75) is 6.10 Å². The fourth-order valence-electron chi connectivity index (χ4n) is 1.43. The van der Waals surface area contributed by atoms with E-state index >= 15 is 0 Å². The Morgan fingerprint density at radius 2 is 2.10 bits per heavy atom. The van der Waals surface area contributed by atoms with Gasteiger partial charge in [-0.25, -0.2) is 9.18 Å². The summed E-state index contributed by atoms with van der Waals surface area (Å²) in [7, 11) is 1.08. The fraction of sp³-hybridized carbons (Fsp3) is 0.273. The first-order valence-electron chi connectivity index (χ1n) is 5.45. The number of ether oxygens (including phenoxy) is 1. The molecule has 0 aromatic heterocycles. The minimum atomic E-state index is -1.51. The minimum Gasteiger partial charge on any atom is -0.479 e. The molecule has 0 radical (unpaired) electrons. The number of methoxy groups -OCH3 is 1. The number of nitro benzene ring substituents is 1. The lowest BCUT2D eigenvalue weighted by molar-refractivity contribution is -0.387. The third kappa shape index (κ3) is 3.92. The van der Waals surface area contributed by atoms with Gasteiger partial charge in [-0.1, -0.05) is 0 Å². The number of amides is 1. The lowest BCUT2D eigenvalue weighted by atomic mass is 10.1. The van der Waals surface area contributed by atoms with Gasteiger partial charge in [0.15, 0.2) is 6.10 Å². The summed E-state index contributed by atoms with van der Waals surface area (Å²) >= 11 is 0. The highest BCUT2D eigenvalue weighted by atomic mass is 19.1. The third-order valence-electron chi connectivity index (χ3n) is 2.47. The maximum atomic E-state index is 13.7. The van der Waals surface area contributed by atoms with Gasteiger partial charge in [-0.2, -0.15) is 4.39 Å². The van der Waals surface area contributed by atoms with Crippen LogP contribution in [0.5, 0.6) is 0 Å². The maximum Gasteiger partial charge on any atom is 0.334 e. The summed E-state index contributed by atoms with van der Waals surface area (Å²) in [6, 6.07) is 0.807. The van der Waals surface area contributed by atoms with Crippen molar-refractivity contribution in [1.82, 2.24) is 5.32 Å². The predicted molar refractivity (Wildman–Crippen MR) is 63.8 cm³/mol. The van der Waals surface area contributed by atoms with Crippen molar-refractivity contribution >= 4 is 17.6 Å². The van der Waals surface area contributed by atoms with E-state index in [0.29, 0.717) is 12.1 Å². The molecule has 0 aliphatic heterocycles. The van der Waals surface area contributed by atoms with Crippen LogP contribution in [-0.2, 0) is 9.53 Å². The van der Waals surface area contributed by atoms with E-state index < -0.39 is 52.3 Å². The van der Waals surface area contributed by atoms with E-state index in [1.165, 1.54) is 0 Å². The normalized spacial score (nSPS) is 11.8. The van der Waals surface area contributed by atoms with Gasteiger partial charge < -0.3 is 15.2 Å². The summed E-state index contributed by atoms with van der Waals surface area (Å²) in [6.07, 6.45) is -1.39. The summed E-state index contributed by atoms with van der Waals surface area (Å²) in [6.45, 7) is -0.519. The Balaban J connectivity index is 2.98. The number of carboxylic acid groups (broad SMARTS) is 1. The molecule has 0 fully saturated rings. The maximum absolute atomic E-state index is 13.7. The number of hydrogen-bond donors (Lipinski definition) is 2. The highest BCUT2D eigenvalue weighted by Gasteiger charge is 2.25. The van der Waals surface area contributed by atoms with E-state index in [-0.39, 0.29) is 0 Å². The second kappa shape index (κ2) is 6.70. The van der Waals surface area contributed by atoms with Gasteiger partial charge in [-0.05, 0) is 6.07 Å². The van der Waals surface area contributed by atoms with E-state index in [9.17, 15) is 28.5 Å². The van der Waals surface area contributed by atoms with Gasteiger partial charge in [0.25, 0.3) is 5.91 Å². The van der Waals surface area contributed by atoms with E-state index in [4.69, 9.17) is 5.11 Å². The van der Waals surface area contributed by atoms with Gasteiger partial charge in [0, 0.05) is 7.11 Å². The number of aliphatic carboxylic acids is 1. The minimum absolute atomic E-state index is 0.335. The Kier molecular flexibility index (Phi) is 5.24. The molecule has 0 bridgehead atoms. The third-order valence-corrected chi connectivity index (χ3v) is 2.47. The summed E-state index contributed by atoms with van der Waals surface area (Å²) in [5.41, 5.74) is -2.09. The highest BCUT2D eigenvalue weighted by Crippen LogP contribution is 2.22. The Labute approximate surface area is 116 Å². The lowest BCUT2D eigenvalue weighted by Gasteiger charge is -2.11. The van der Waals surface area contributed by atoms with Gasteiger partial charge in [0.2, 0.25) is 5.82 Å². The molecule has 0 saturated carbocycles. The van der Waals surface area contributed by atoms with Crippen molar-refractivity contribution in [1.29, 1.82) is 0 Å². The van der Waals surface area contributed by atoms with Crippen molar-refractivity contribution < 1.29 is 33.1 Å². The average molecular weight is 304 g/mol. The van der Waals surface area contributed by atoms with Crippen LogP contribution in [0.1, 0.15) is 10.4 Å². The number of hydrogen-bond acceptors (Lipinski definition) is 5. The van der Waals surface area contributed by atoms with Crippen molar-refractivity contribution in [3.63, 3.8) is 0 Å². The summed E-state index contributed by atoms with van der Waals surface area (Å²) in [5.74, 6) is -5.25. The van der Waals surface area contributed by atoms with Gasteiger partial charge in [-0.15, -0.1) is 0 Å². The lowest BCUT2D eigenvalue weighted by Crippen LogP contribution is -2.38. The van der Waals surface area contributed by atoms with Crippen LogP contribution in [0.25, 0.3) is 0 Å². The zero-order valence-electron chi connectivity index (χ0n) is 10.6. The first kappa shape index (κ1) is 16.4. The van der Waals surface area contributed by atoms with Crippen molar-refractivity contribution in [2.24, 2.45) is 0 Å². The first-order chi connectivity index (χ1) is 9.77. The van der Waals surface area contributed by atoms with Crippen molar-refractivity contribution in [3.05, 3.63) is 39.4 Å². The number of nitrogens with one attached hydrogen (secondary N) is 1. The molecule has 1 unspecified atom stereocenters. The summed E-state index contributed by atoms with van der Waals surface area (Å²) in [5, 5.41) is 21.2. The van der Waals surface area contributed by atoms with Gasteiger partial charge in [-0.3, -0.25) is 14.9 Å². The van der Waals surface area contributed by atoms with E-state index in [2.05, 4.69) is 4.74 Å². The standard InChI is InChI=1S/C11H10F2N2O6/c1-21-8(11(17)18)4-14-10(16)6-2-5(12)3-7(9(6)13)15(19)20/h2-3,8H,4H2,1H3,(H,14,16)(H,17,18). The molecule has 0 aliphatic carbocycles. The molecule has 10 heteroatoms. The van der Waals surface area contributed by atoms with Crippen LogP contribution in [-0.4, -0.2) is 41.7 Å². The number of carbonyl (C=O) groups excluding carboxylic acids is 1. The smallest absolute Gasteiger partial charge is 0.334 e. The number of halogens is 2. The van der Waals surface area contributed by atoms with Gasteiger partial charge >= 0.3 is 11.7 Å². The molecule has 1 atom stereocenters. The van der Waals surface area contributed by atoms with Crippen LogP contribution in [0, 0.1) is 21.7 Å². The predicted octanol–water partition coefficient (Wildman–Crippen LogP) is 0.702. The number of nitrogens with zero attached hydrogens (tertiary/aromatic N) is 1.